The van der Waals surface area contributed by atoms with Gasteiger partial charge in [-0.15, -0.1) is 0 Å². The lowest BCUT2D eigenvalue weighted by Gasteiger charge is -2.24. The van der Waals surface area contributed by atoms with E-state index in [1.165, 1.54) is 0 Å². The maximum Gasteiger partial charge on any atom is 0.240 e. The highest BCUT2D eigenvalue weighted by Gasteiger charge is 2.76. The van der Waals surface area contributed by atoms with Gasteiger partial charge in [0.15, 0.2) is 5.54 Å². The number of fused-ring (bicyclic) bond motifs is 2. The third-order valence-corrected chi connectivity index (χ3v) is 7.28. The number of H-pyrrole nitrogens is 1. The van der Waals surface area contributed by atoms with Crippen molar-refractivity contribution in [2.75, 3.05) is 26.7 Å². The standard InChI is InChI=1S/C19H23N6O/c1-18-9-19(7-13(18)8-24(10-18)15(26)3-5-20)11-25(19,2)17-14-4-6-21-16(14)22-12-23-17/h4,6,12-13H,3,7-11H2,1-2H3,(H,21,22,23)/q+1/t13-,18+,19?,25?/m1/s1. The maximum absolute atomic E-state index is 12.1. The Hall–Kier alpha value is -2.46. The number of nitriles is 1. The van der Waals surface area contributed by atoms with Crippen molar-refractivity contribution in [2.45, 2.75) is 31.7 Å². The number of quaternary nitrogens is 1. The summed E-state index contributed by atoms with van der Waals surface area (Å²) in [5.74, 6) is 1.60. The fourth-order valence-corrected chi connectivity index (χ4v) is 5.88. The average molecular weight is 351 g/mol. The van der Waals surface area contributed by atoms with E-state index in [0.29, 0.717) is 5.92 Å². The average Bonchev–Trinajstić information content (AvgIpc) is 2.97. The second-order valence-electron chi connectivity index (χ2n) is 8.85. The van der Waals surface area contributed by atoms with Gasteiger partial charge in [-0.2, -0.15) is 10.2 Å². The van der Waals surface area contributed by atoms with Crippen molar-refractivity contribution in [3.63, 3.8) is 0 Å². The van der Waals surface area contributed by atoms with Gasteiger partial charge in [0.1, 0.15) is 30.3 Å². The van der Waals surface area contributed by atoms with E-state index in [9.17, 15) is 4.79 Å². The minimum absolute atomic E-state index is 0.00583. The van der Waals surface area contributed by atoms with Gasteiger partial charge in [0, 0.05) is 32.1 Å². The summed E-state index contributed by atoms with van der Waals surface area (Å²) in [6.45, 7) is 4.99. The molecule has 5 rings (SSSR count). The molecule has 0 aromatic carbocycles. The second kappa shape index (κ2) is 4.83. The smallest absolute Gasteiger partial charge is 0.240 e. The van der Waals surface area contributed by atoms with Crippen molar-refractivity contribution in [3.8, 4) is 6.07 Å². The Morgan fingerprint density at radius 2 is 2.38 bits per heavy atom. The van der Waals surface area contributed by atoms with Crippen LogP contribution in [0, 0.1) is 22.7 Å². The van der Waals surface area contributed by atoms with Crippen molar-refractivity contribution >= 4 is 22.8 Å². The lowest BCUT2D eigenvalue weighted by molar-refractivity contribution is -0.129. The highest BCUT2D eigenvalue weighted by atomic mass is 16.2. The molecule has 3 fully saturated rings. The molecule has 4 atom stereocenters. The van der Waals surface area contributed by atoms with Crippen LogP contribution in [0.3, 0.4) is 0 Å². The summed E-state index contributed by atoms with van der Waals surface area (Å²) in [7, 11) is 2.29. The Labute approximate surface area is 152 Å². The van der Waals surface area contributed by atoms with Crippen LogP contribution in [0.2, 0.25) is 0 Å². The number of nitrogens with zero attached hydrogens (tertiary/aromatic N) is 5. The van der Waals surface area contributed by atoms with Crippen molar-refractivity contribution in [2.24, 2.45) is 11.3 Å². The minimum Gasteiger partial charge on any atom is -0.346 e. The molecule has 2 saturated heterocycles. The Morgan fingerprint density at radius 1 is 1.54 bits per heavy atom. The van der Waals surface area contributed by atoms with Crippen LogP contribution >= 0.6 is 0 Å². The van der Waals surface area contributed by atoms with E-state index in [2.05, 4.69) is 35.0 Å². The normalized spacial score (nSPS) is 37.9. The van der Waals surface area contributed by atoms with Crippen LogP contribution < -0.4 is 4.48 Å². The topological polar surface area (TPSA) is 85.7 Å². The van der Waals surface area contributed by atoms with Gasteiger partial charge in [0.05, 0.1) is 13.1 Å². The van der Waals surface area contributed by atoms with Crippen LogP contribution in [0.5, 0.6) is 0 Å². The number of aromatic amines is 1. The Bertz CT molecular complexity index is 962. The first kappa shape index (κ1) is 15.8. The number of likely N-dealkylation sites (N-methyl/N-ethyl adjacent to an activating group) is 1. The summed E-state index contributed by atoms with van der Waals surface area (Å²) in [6, 6.07) is 4.06. The molecule has 1 aliphatic carbocycles. The van der Waals surface area contributed by atoms with Crippen LogP contribution in [0.15, 0.2) is 18.6 Å². The fraction of sp³-hybridized carbons (Fsp3) is 0.579. The fourth-order valence-electron chi connectivity index (χ4n) is 5.88. The molecule has 1 saturated carbocycles. The van der Waals surface area contributed by atoms with Gasteiger partial charge in [-0.05, 0) is 17.4 Å². The van der Waals surface area contributed by atoms with E-state index in [1.54, 1.807) is 6.33 Å². The summed E-state index contributed by atoms with van der Waals surface area (Å²) < 4.78 is 0.863. The van der Waals surface area contributed by atoms with Gasteiger partial charge in [-0.25, -0.2) is 4.98 Å². The molecule has 26 heavy (non-hydrogen) atoms. The maximum atomic E-state index is 12.1. The number of carbonyl (C=O) groups is 1. The molecule has 0 bridgehead atoms. The number of hydrogen-bond donors (Lipinski definition) is 1. The molecule has 2 aromatic heterocycles. The molecule has 2 unspecified atom stereocenters. The zero-order chi connectivity index (χ0) is 18.2. The van der Waals surface area contributed by atoms with E-state index in [4.69, 9.17) is 5.26 Å². The number of aromatic nitrogens is 3. The van der Waals surface area contributed by atoms with Gasteiger partial charge < -0.3 is 9.88 Å². The van der Waals surface area contributed by atoms with Gasteiger partial charge in [-0.3, -0.25) is 9.28 Å². The van der Waals surface area contributed by atoms with Crippen molar-refractivity contribution in [1.82, 2.24) is 24.3 Å². The molecule has 0 radical (unpaired) electrons. The summed E-state index contributed by atoms with van der Waals surface area (Å²) in [4.78, 5) is 26.2. The molecule has 2 aromatic rings. The van der Waals surface area contributed by atoms with Crippen LogP contribution in [-0.2, 0) is 4.79 Å². The highest BCUT2D eigenvalue weighted by molar-refractivity contribution is 5.87. The number of likely N-dealkylation sites (tertiary alicyclic amines) is 1. The molecule has 7 nitrogen and oxygen atoms in total. The highest BCUT2D eigenvalue weighted by Crippen LogP contribution is 2.64. The monoisotopic (exact) mass is 351 g/mol. The first-order chi connectivity index (χ1) is 12.4. The zero-order valence-electron chi connectivity index (χ0n) is 15.2. The van der Waals surface area contributed by atoms with Crippen LogP contribution in [-0.4, -0.2) is 58.0 Å². The third kappa shape index (κ3) is 1.88. The van der Waals surface area contributed by atoms with Gasteiger partial charge >= 0.3 is 0 Å². The lowest BCUT2D eigenvalue weighted by atomic mass is 9.83. The molecule has 7 heteroatoms. The quantitative estimate of drug-likeness (QED) is 0.660. The number of carbonyl (C=O) groups excluding carboxylic acids is 1. The summed E-state index contributed by atoms with van der Waals surface area (Å²) in [5.41, 5.74) is 1.27. The third-order valence-electron chi connectivity index (χ3n) is 7.28. The SMILES string of the molecule is C[C@]12CN(C(=O)CC#N)C[C@H]1CC1(C2)C[N+]1(C)c1ncnc2[nH]ccc12. The van der Waals surface area contributed by atoms with Crippen LogP contribution in [0.1, 0.15) is 26.2 Å². The molecule has 2 aliphatic heterocycles. The van der Waals surface area contributed by atoms with E-state index in [-0.39, 0.29) is 23.3 Å². The van der Waals surface area contributed by atoms with Gasteiger partial charge in [0.2, 0.25) is 11.7 Å². The lowest BCUT2D eigenvalue weighted by Crippen LogP contribution is -2.36. The first-order valence-corrected chi connectivity index (χ1v) is 9.20. The largest absolute Gasteiger partial charge is 0.346 e. The second-order valence-corrected chi connectivity index (χ2v) is 8.85. The van der Waals surface area contributed by atoms with Crippen LogP contribution in [0.25, 0.3) is 11.0 Å². The van der Waals surface area contributed by atoms with Gasteiger partial charge in [0.25, 0.3) is 0 Å². The zero-order valence-corrected chi connectivity index (χ0v) is 15.2. The van der Waals surface area contributed by atoms with E-state index >= 15 is 0 Å². The first-order valence-electron chi connectivity index (χ1n) is 9.20. The molecule has 4 heterocycles. The Balaban J connectivity index is 1.42. The molecule has 1 spiro atoms. The molecule has 3 aliphatic rings. The van der Waals surface area contributed by atoms with Crippen molar-refractivity contribution in [3.05, 3.63) is 18.6 Å². The number of rotatable bonds is 2. The molecular formula is C19H23N6O+. The predicted molar refractivity (Wildman–Crippen MR) is 96.8 cm³/mol. The minimum atomic E-state index is -0.0185. The number of amides is 1. The van der Waals surface area contributed by atoms with E-state index in [0.717, 1.165) is 53.8 Å². The van der Waals surface area contributed by atoms with Crippen molar-refractivity contribution < 1.29 is 4.79 Å². The van der Waals surface area contributed by atoms with Crippen molar-refractivity contribution in [1.29, 1.82) is 5.26 Å². The predicted octanol–water partition coefficient (Wildman–Crippen LogP) is 1.82. The Morgan fingerprint density at radius 3 is 3.15 bits per heavy atom. The van der Waals surface area contributed by atoms with E-state index < -0.39 is 0 Å². The summed E-state index contributed by atoms with van der Waals surface area (Å²) in [5, 5.41) is 9.92. The Kier molecular flexibility index (Phi) is 2.93. The van der Waals surface area contributed by atoms with Gasteiger partial charge in [-0.1, -0.05) is 6.92 Å². The van der Waals surface area contributed by atoms with E-state index in [1.807, 2.05) is 17.2 Å². The van der Waals surface area contributed by atoms with Crippen LogP contribution in [0.4, 0.5) is 5.82 Å². The summed E-state index contributed by atoms with van der Waals surface area (Å²) >= 11 is 0. The number of nitrogens with one attached hydrogen (secondary N) is 1. The molecular weight excluding hydrogens is 328 g/mol. The number of hydrogen-bond acceptors (Lipinski definition) is 4. The molecule has 134 valence electrons. The molecule has 1 N–H and O–H groups in total. The summed E-state index contributed by atoms with van der Waals surface area (Å²) in [6.07, 6.45) is 5.80. The molecule has 1 amide bonds.